The van der Waals surface area contributed by atoms with E-state index >= 15 is 0 Å². The van der Waals surface area contributed by atoms with Crippen LogP contribution in [0, 0.1) is 21.7 Å². The SMILES string of the molecule is CC(C)(N=C=O)c1cc(F)c([N+](=O)[O-])cc1F. The largest absolute Gasteiger partial charge is 0.307 e. The maximum absolute atomic E-state index is 13.5. The molecule has 0 amide bonds. The Morgan fingerprint density at radius 3 is 2.41 bits per heavy atom. The molecule has 0 heterocycles. The van der Waals surface area contributed by atoms with E-state index in [2.05, 4.69) is 4.99 Å². The van der Waals surface area contributed by atoms with Gasteiger partial charge in [0.25, 0.3) is 0 Å². The van der Waals surface area contributed by atoms with E-state index in [1.165, 1.54) is 19.9 Å². The lowest BCUT2D eigenvalue weighted by Gasteiger charge is -2.18. The molecule has 0 fully saturated rings. The minimum absolute atomic E-state index is 0.246. The normalized spacial score (nSPS) is 10.8. The summed E-state index contributed by atoms with van der Waals surface area (Å²) in [7, 11) is 0. The van der Waals surface area contributed by atoms with Crippen molar-refractivity contribution in [3.8, 4) is 0 Å². The van der Waals surface area contributed by atoms with Gasteiger partial charge in [-0.3, -0.25) is 10.1 Å². The van der Waals surface area contributed by atoms with Crippen LogP contribution in [0.25, 0.3) is 0 Å². The number of aliphatic imine (C=N–C) groups is 1. The van der Waals surface area contributed by atoms with Gasteiger partial charge in [-0.1, -0.05) is 0 Å². The van der Waals surface area contributed by atoms with Gasteiger partial charge in [0, 0.05) is 5.56 Å². The number of rotatable bonds is 3. The molecule has 90 valence electrons. The first kappa shape index (κ1) is 12.9. The van der Waals surface area contributed by atoms with Crippen molar-refractivity contribution in [1.82, 2.24) is 0 Å². The van der Waals surface area contributed by atoms with E-state index in [1.807, 2.05) is 0 Å². The van der Waals surface area contributed by atoms with Crippen molar-refractivity contribution in [2.24, 2.45) is 4.99 Å². The number of nitro groups is 1. The summed E-state index contributed by atoms with van der Waals surface area (Å²) in [5, 5.41) is 10.4. The molecule has 7 heteroatoms. The number of nitro benzene ring substituents is 1. The molecule has 0 atom stereocenters. The molecule has 0 spiro atoms. The van der Waals surface area contributed by atoms with Gasteiger partial charge in [0.05, 0.1) is 16.5 Å². The summed E-state index contributed by atoms with van der Waals surface area (Å²) in [6.45, 7) is 2.73. The molecule has 0 saturated carbocycles. The molecule has 0 unspecified atom stereocenters. The molecule has 0 aromatic heterocycles. The number of carbonyl (C=O) groups excluding carboxylic acids is 1. The maximum Gasteiger partial charge on any atom is 0.307 e. The number of nitrogens with zero attached hydrogens (tertiary/aromatic N) is 2. The Hall–Kier alpha value is -2.14. The van der Waals surface area contributed by atoms with Gasteiger partial charge in [-0.15, -0.1) is 0 Å². The maximum atomic E-state index is 13.5. The second-order valence-electron chi connectivity index (χ2n) is 3.80. The summed E-state index contributed by atoms with van der Waals surface area (Å²) >= 11 is 0. The molecule has 0 aliphatic heterocycles. The first-order valence-electron chi connectivity index (χ1n) is 4.52. The average molecular weight is 242 g/mol. The van der Waals surface area contributed by atoms with E-state index in [0.717, 1.165) is 0 Å². The fourth-order valence-corrected chi connectivity index (χ4v) is 1.32. The molecule has 0 saturated heterocycles. The predicted octanol–water partition coefficient (Wildman–Crippen LogP) is 2.44. The molecule has 0 aliphatic carbocycles. The molecule has 5 nitrogen and oxygen atoms in total. The van der Waals surface area contributed by atoms with Crippen molar-refractivity contribution in [3.05, 3.63) is 39.4 Å². The van der Waals surface area contributed by atoms with Crippen LogP contribution in [-0.2, 0) is 10.3 Å². The smallest absolute Gasteiger partial charge is 0.258 e. The Bertz CT molecular complexity index is 523. The Morgan fingerprint density at radius 2 is 1.94 bits per heavy atom. The topological polar surface area (TPSA) is 72.6 Å². The molecule has 1 rings (SSSR count). The molecular formula is C10H8F2N2O3. The molecule has 0 aliphatic rings. The number of isocyanates is 1. The van der Waals surface area contributed by atoms with E-state index < -0.39 is 27.8 Å². The van der Waals surface area contributed by atoms with Crippen LogP contribution in [0.5, 0.6) is 0 Å². The van der Waals surface area contributed by atoms with Crippen LogP contribution in [0.4, 0.5) is 14.5 Å². The quantitative estimate of drug-likeness (QED) is 0.353. The number of benzene rings is 1. The van der Waals surface area contributed by atoms with Gasteiger partial charge >= 0.3 is 5.69 Å². The molecule has 1 aromatic rings. The van der Waals surface area contributed by atoms with Gasteiger partial charge < -0.3 is 0 Å². The van der Waals surface area contributed by atoms with Crippen molar-refractivity contribution >= 4 is 11.8 Å². The Labute approximate surface area is 94.9 Å². The standard InChI is InChI=1S/C10H8F2N2O3/c1-10(2,13-5-15)6-3-8(12)9(14(16)17)4-7(6)11/h3-4H,1-2H3. The zero-order valence-corrected chi connectivity index (χ0v) is 9.03. The summed E-state index contributed by atoms with van der Waals surface area (Å²) in [5.74, 6) is -2.18. The second-order valence-corrected chi connectivity index (χ2v) is 3.80. The van der Waals surface area contributed by atoms with Crippen molar-refractivity contribution in [2.75, 3.05) is 0 Å². The summed E-state index contributed by atoms with van der Waals surface area (Å²) < 4.78 is 26.9. The van der Waals surface area contributed by atoms with Crippen LogP contribution < -0.4 is 0 Å². The Morgan fingerprint density at radius 1 is 1.35 bits per heavy atom. The van der Waals surface area contributed by atoms with Gasteiger partial charge in [0.2, 0.25) is 11.9 Å². The third-order valence-electron chi connectivity index (χ3n) is 2.22. The minimum atomic E-state index is -1.33. The van der Waals surface area contributed by atoms with E-state index in [4.69, 9.17) is 0 Å². The highest BCUT2D eigenvalue weighted by Crippen LogP contribution is 2.30. The van der Waals surface area contributed by atoms with Gasteiger partial charge in [0.15, 0.2) is 0 Å². The lowest BCUT2D eigenvalue weighted by molar-refractivity contribution is -0.387. The van der Waals surface area contributed by atoms with Crippen molar-refractivity contribution < 1.29 is 18.5 Å². The molecule has 17 heavy (non-hydrogen) atoms. The fraction of sp³-hybridized carbons (Fsp3) is 0.300. The van der Waals surface area contributed by atoms with Crippen LogP contribution in [0.2, 0.25) is 0 Å². The highest BCUT2D eigenvalue weighted by Gasteiger charge is 2.28. The Balaban J connectivity index is 3.44. The van der Waals surface area contributed by atoms with Crippen molar-refractivity contribution in [1.29, 1.82) is 0 Å². The minimum Gasteiger partial charge on any atom is -0.258 e. The zero-order chi connectivity index (χ0) is 13.2. The zero-order valence-electron chi connectivity index (χ0n) is 9.03. The molecular weight excluding hydrogens is 234 g/mol. The van der Waals surface area contributed by atoms with Crippen LogP contribution in [0.15, 0.2) is 17.1 Å². The third-order valence-corrected chi connectivity index (χ3v) is 2.22. The Kier molecular flexibility index (Phi) is 3.34. The number of hydrogen-bond acceptors (Lipinski definition) is 4. The van der Waals surface area contributed by atoms with Crippen molar-refractivity contribution in [2.45, 2.75) is 19.4 Å². The molecule has 0 N–H and O–H groups in total. The highest BCUT2D eigenvalue weighted by molar-refractivity contribution is 5.42. The van der Waals surface area contributed by atoms with Crippen molar-refractivity contribution in [3.63, 3.8) is 0 Å². The van der Waals surface area contributed by atoms with Crippen LogP contribution in [0.1, 0.15) is 19.4 Å². The van der Waals surface area contributed by atoms with Crippen LogP contribution in [0.3, 0.4) is 0 Å². The van der Waals surface area contributed by atoms with Crippen LogP contribution >= 0.6 is 0 Å². The predicted molar refractivity (Wildman–Crippen MR) is 54.2 cm³/mol. The summed E-state index contributed by atoms with van der Waals surface area (Å²) in [6, 6.07) is 1.13. The monoisotopic (exact) mass is 242 g/mol. The van der Waals surface area contributed by atoms with E-state index in [9.17, 15) is 23.7 Å². The van der Waals surface area contributed by atoms with Gasteiger partial charge in [-0.25, -0.2) is 9.18 Å². The molecule has 0 radical (unpaired) electrons. The number of hydrogen-bond donors (Lipinski definition) is 0. The summed E-state index contributed by atoms with van der Waals surface area (Å²) in [6.07, 6.45) is 1.24. The van der Waals surface area contributed by atoms with Gasteiger partial charge in [-0.05, 0) is 19.9 Å². The number of halogens is 2. The third kappa shape index (κ3) is 2.51. The average Bonchev–Trinajstić information content (AvgIpc) is 2.20. The molecule has 0 bridgehead atoms. The fourth-order valence-electron chi connectivity index (χ4n) is 1.32. The van der Waals surface area contributed by atoms with Gasteiger partial charge in [0.1, 0.15) is 5.82 Å². The summed E-state index contributed by atoms with van der Waals surface area (Å²) in [5.41, 5.74) is -2.54. The lowest BCUT2D eigenvalue weighted by Crippen LogP contribution is -2.16. The van der Waals surface area contributed by atoms with E-state index in [1.54, 1.807) is 0 Å². The molecule has 1 aromatic carbocycles. The highest BCUT2D eigenvalue weighted by atomic mass is 19.1. The van der Waals surface area contributed by atoms with E-state index in [-0.39, 0.29) is 5.56 Å². The first-order chi connectivity index (χ1) is 7.79. The first-order valence-corrected chi connectivity index (χ1v) is 4.52. The lowest BCUT2D eigenvalue weighted by atomic mass is 9.94. The van der Waals surface area contributed by atoms with Crippen LogP contribution in [-0.4, -0.2) is 11.0 Å². The van der Waals surface area contributed by atoms with E-state index in [0.29, 0.717) is 12.1 Å². The van der Waals surface area contributed by atoms with Gasteiger partial charge in [-0.2, -0.15) is 9.38 Å². The second kappa shape index (κ2) is 4.39. The summed E-state index contributed by atoms with van der Waals surface area (Å²) in [4.78, 5) is 22.8.